The van der Waals surface area contributed by atoms with E-state index in [1.807, 2.05) is 43.8 Å². The number of aromatic amines is 1. The number of hydrogen-bond acceptors (Lipinski definition) is 6. The Morgan fingerprint density at radius 2 is 1.96 bits per heavy atom. The summed E-state index contributed by atoms with van der Waals surface area (Å²) >= 11 is 0. The zero-order valence-electron chi connectivity index (χ0n) is 15.0. The Kier molecular flexibility index (Phi) is 3.68. The maximum Gasteiger partial charge on any atom is 0.249 e. The molecule has 0 aliphatic rings. The fourth-order valence-electron chi connectivity index (χ4n) is 3.13. The summed E-state index contributed by atoms with van der Waals surface area (Å²) in [7, 11) is 1.88. The van der Waals surface area contributed by atoms with Gasteiger partial charge in [-0.15, -0.1) is 10.2 Å². The van der Waals surface area contributed by atoms with Crippen molar-refractivity contribution in [2.24, 2.45) is 7.05 Å². The van der Waals surface area contributed by atoms with Crippen LogP contribution in [0.15, 0.2) is 59.5 Å². The molecule has 8 heteroatoms. The highest BCUT2D eigenvalue weighted by Gasteiger charge is 2.15. The molecular formula is C20H16N6O2. The number of hydrogen-bond donors (Lipinski definition) is 2. The molecule has 1 aromatic carbocycles. The molecule has 0 saturated carbocycles. The van der Waals surface area contributed by atoms with Crippen LogP contribution in [0.1, 0.15) is 11.5 Å². The first kappa shape index (κ1) is 16.2. The highest BCUT2D eigenvalue weighted by atomic mass is 16.4. The van der Waals surface area contributed by atoms with E-state index in [4.69, 9.17) is 4.42 Å². The first-order valence-electron chi connectivity index (χ1n) is 8.72. The molecule has 0 amide bonds. The molecule has 0 fully saturated rings. The second kappa shape index (κ2) is 6.34. The van der Waals surface area contributed by atoms with Crippen LogP contribution in [0.25, 0.3) is 33.6 Å². The topological polar surface area (TPSA) is 106 Å². The van der Waals surface area contributed by atoms with Gasteiger partial charge in [0.2, 0.25) is 11.8 Å². The second-order valence-electron chi connectivity index (χ2n) is 6.57. The third-order valence-corrected chi connectivity index (χ3v) is 4.56. The quantitative estimate of drug-likeness (QED) is 0.501. The molecular weight excluding hydrogens is 356 g/mol. The van der Waals surface area contributed by atoms with Crippen molar-refractivity contribution in [1.29, 1.82) is 0 Å². The number of nitrogens with one attached hydrogen (secondary N) is 1. The molecule has 4 heterocycles. The van der Waals surface area contributed by atoms with Crippen molar-refractivity contribution in [3.63, 3.8) is 0 Å². The molecule has 0 aliphatic heterocycles. The Morgan fingerprint density at radius 1 is 1.11 bits per heavy atom. The van der Waals surface area contributed by atoms with Crippen LogP contribution in [0.2, 0.25) is 0 Å². The van der Waals surface area contributed by atoms with Crippen molar-refractivity contribution in [2.75, 3.05) is 0 Å². The van der Waals surface area contributed by atoms with Crippen LogP contribution in [0.3, 0.4) is 0 Å². The number of benzene rings is 1. The molecule has 0 unspecified atom stereocenters. The summed E-state index contributed by atoms with van der Waals surface area (Å²) in [6, 6.07) is 8.97. The Balaban J connectivity index is 1.49. The largest absolute Gasteiger partial charge is 0.508 e. The summed E-state index contributed by atoms with van der Waals surface area (Å²) in [5.74, 6) is 1.17. The minimum Gasteiger partial charge on any atom is -0.508 e. The number of nitrogens with zero attached hydrogens (tertiary/aromatic N) is 5. The molecule has 8 nitrogen and oxygen atoms in total. The molecule has 4 aromatic heterocycles. The van der Waals surface area contributed by atoms with Gasteiger partial charge in [-0.05, 0) is 23.8 Å². The van der Waals surface area contributed by atoms with E-state index in [0.29, 0.717) is 18.2 Å². The van der Waals surface area contributed by atoms with E-state index < -0.39 is 0 Å². The molecule has 0 bridgehead atoms. The van der Waals surface area contributed by atoms with E-state index in [0.717, 1.165) is 33.3 Å². The highest BCUT2D eigenvalue weighted by Crippen LogP contribution is 2.30. The van der Waals surface area contributed by atoms with E-state index in [1.54, 1.807) is 23.0 Å². The Morgan fingerprint density at radius 3 is 2.75 bits per heavy atom. The summed E-state index contributed by atoms with van der Waals surface area (Å²) in [6.07, 6.45) is 7.87. The fraction of sp³-hybridized carbons (Fsp3) is 0.100. The van der Waals surface area contributed by atoms with Crippen molar-refractivity contribution >= 4 is 11.0 Å². The van der Waals surface area contributed by atoms with E-state index in [2.05, 4.69) is 25.3 Å². The van der Waals surface area contributed by atoms with Gasteiger partial charge >= 0.3 is 0 Å². The van der Waals surface area contributed by atoms with E-state index >= 15 is 0 Å². The van der Waals surface area contributed by atoms with Crippen LogP contribution in [-0.4, -0.2) is 35.1 Å². The zero-order valence-corrected chi connectivity index (χ0v) is 15.0. The number of phenolic OH excluding ortho intramolecular Hbond substituents is 1. The predicted molar refractivity (Wildman–Crippen MR) is 103 cm³/mol. The van der Waals surface area contributed by atoms with Crippen LogP contribution in [0, 0.1) is 0 Å². The standard InChI is InChI=1S/C20H16N6O2/c1-26-11-14(9-23-26)13-7-16-17(10-22-19(16)21-8-13)20-25-24-18(28-20)6-12-2-4-15(27)5-3-12/h2-5,7-11,27H,6H2,1H3,(H,21,22). The number of fused-ring (bicyclic) bond motifs is 1. The summed E-state index contributed by atoms with van der Waals surface area (Å²) in [5.41, 5.74) is 4.49. The van der Waals surface area contributed by atoms with Gasteiger partial charge in [0, 0.05) is 42.2 Å². The van der Waals surface area contributed by atoms with Gasteiger partial charge in [0.1, 0.15) is 11.4 Å². The van der Waals surface area contributed by atoms with Crippen molar-refractivity contribution < 1.29 is 9.52 Å². The van der Waals surface area contributed by atoms with Gasteiger partial charge in [-0.25, -0.2) is 4.98 Å². The lowest BCUT2D eigenvalue weighted by Crippen LogP contribution is -1.87. The minimum absolute atomic E-state index is 0.227. The molecule has 0 spiro atoms. The normalized spacial score (nSPS) is 11.3. The minimum atomic E-state index is 0.227. The first-order valence-corrected chi connectivity index (χ1v) is 8.72. The molecule has 0 radical (unpaired) electrons. The average molecular weight is 372 g/mol. The molecule has 2 N–H and O–H groups in total. The number of pyridine rings is 1. The monoisotopic (exact) mass is 372 g/mol. The van der Waals surface area contributed by atoms with E-state index in [9.17, 15) is 5.11 Å². The van der Waals surface area contributed by atoms with Crippen molar-refractivity contribution in [1.82, 2.24) is 29.9 Å². The molecule has 5 rings (SSSR count). The maximum absolute atomic E-state index is 9.39. The first-order chi connectivity index (χ1) is 13.7. The Bertz CT molecular complexity index is 1270. The van der Waals surface area contributed by atoms with E-state index in [-0.39, 0.29) is 5.75 Å². The van der Waals surface area contributed by atoms with Gasteiger partial charge in [0.05, 0.1) is 18.2 Å². The number of rotatable bonds is 4. The van der Waals surface area contributed by atoms with E-state index in [1.165, 1.54) is 0 Å². The van der Waals surface area contributed by atoms with Gasteiger partial charge in [0.15, 0.2) is 0 Å². The van der Waals surface area contributed by atoms with Crippen molar-refractivity contribution in [3.8, 4) is 28.3 Å². The molecule has 0 atom stereocenters. The highest BCUT2D eigenvalue weighted by molar-refractivity contribution is 5.93. The van der Waals surface area contributed by atoms with Crippen LogP contribution >= 0.6 is 0 Å². The van der Waals surface area contributed by atoms with Crippen LogP contribution < -0.4 is 0 Å². The number of aromatic nitrogens is 6. The second-order valence-corrected chi connectivity index (χ2v) is 6.57. The Labute approximate surface area is 159 Å². The molecule has 0 saturated heterocycles. The van der Waals surface area contributed by atoms with Gasteiger partial charge < -0.3 is 14.5 Å². The SMILES string of the molecule is Cn1cc(-c2cnc3[nH]cc(-c4nnc(Cc5ccc(O)cc5)o4)c3c2)cn1. The van der Waals surface area contributed by atoms with Gasteiger partial charge in [-0.2, -0.15) is 5.10 Å². The number of aryl methyl sites for hydroxylation is 1. The van der Waals surface area contributed by atoms with Gasteiger partial charge in [0.25, 0.3) is 0 Å². The zero-order chi connectivity index (χ0) is 19.1. The number of H-pyrrole nitrogens is 1. The van der Waals surface area contributed by atoms with Crippen LogP contribution in [0.4, 0.5) is 0 Å². The number of aromatic hydroxyl groups is 1. The summed E-state index contributed by atoms with van der Waals surface area (Å²) < 4.78 is 7.63. The maximum atomic E-state index is 9.39. The summed E-state index contributed by atoms with van der Waals surface area (Å²) in [6.45, 7) is 0. The average Bonchev–Trinajstić information content (AvgIpc) is 3.42. The summed E-state index contributed by atoms with van der Waals surface area (Å²) in [4.78, 5) is 7.64. The Hall–Kier alpha value is -3.94. The predicted octanol–water partition coefficient (Wildman–Crippen LogP) is 3.31. The van der Waals surface area contributed by atoms with Crippen LogP contribution in [0.5, 0.6) is 5.75 Å². The van der Waals surface area contributed by atoms with Gasteiger partial charge in [-0.3, -0.25) is 4.68 Å². The fourth-order valence-corrected chi connectivity index (χ4v) is 3.13. The third-order valence-electron chi connectivity index (χ3n) is 4.56. The lowest BCUT2D eigenvalue weighted by molar-refractivity contribution is 0.474. The lowest BCUT2D eigenvalue weighted by Gasteiger charge is -1.99. The summed E-state index contributed by atoms with van der Waals surface area (Å²) in [5, 5.41) is 22.9. The van der Waals surface area contributed by atoms with Crippen LogP contribution in [-0.2, 0) is 13.5 Å². The third kappa shape index (κ3) is 2.90. The molecule has 28 heavy (non-hydrogen) atoms. The molecule has 138 valence electrons. The van der Waals surface area contributed by atoms with Crippen molar-refractivity contribution in [3.05, 3.63) is 66.6 Å². The lowest BCUT2D eigenvalue weighted by atomic mass is 10.1. The molecule has 5 aromatic rings. The van der Waals surface area contributed by atoms with Crippen molar-refractivity contribution in [2.45, 2.75) is 6.42 Å². The van der Waals surface area contributed by atoms with Gasteiger partial charge in [-0.1, -0.05) is 12.1 Å². The smallest absolute Gasteiger partial charge is 0.249 e. The number of phenols is 1. The molecule has 0 aliphatic carbocycles.